The molecule has 1 aliphatic heterocycles. The van der Waals surface area contributed by atoms with Gasteiger partial charge in [0.1, 0.15) is 0 Å². The molecule has 3 rings (SSSR count). The molecule has 0 fully saturated rings. The van der Waals surface area contributed by atoms with Gasteiger partial charge in [0.05, 0.1) is 0 Å². The molecule has 0 atom stereocenters. The number of allylic oxidation sites excluding steroid dienone is 5. The van der Waals surface area contributed by atoms with Crippen LogP contribution in [-0.2, 0) is 0 Å². The maximum atomic E-state index is 4.27. The van der Waals surface area contributed by atoms with E-state index in [-0.39, 0.29) is 5.41 Å². The second-order valence-electron chi connectivity index (χ2n) is 9.99. The normalized spacial score (nSPS) is 17.8. The molecule has 0 saturated carbocycles. The van der Waals surface area contributed by atoms with Gasteiger partial charge in [0, 0.05) is 29.3 Å². The van der Waals surface area contributed by atoms with Crippen molar-refractivity contribution in [1.82, 2.24) is 0 Å². The Morgan fingerprint density at radius 2 is 1.71 bits per heavy atom. The highest BCUT2D eigenvalue weighted by molar-refractivity contribution is 5.68. The minimum Gasteiger partial charge on any atom is -0.359 e. The molecule has 1 heterocycles. The van der Waals surface area contributed by atoms with Crippen molar-refractivity contribution in [2.45, 2.75) is 80.1 Å². The molecule has 1 aromatic carbocycles. The van der Waals surface area contributed by atoms with Crippen molar-refractivity contribution in [3.63, 3.8) is 0 Å². The Hall–Kier alpha value is -1.96. The van der Waals surface area contributed by atoms with E-state index < -0.39 is 0 Å². The van der Waals surface area contributed by atoms with E-state index in [1.165, 1.54) is 60.2 Å². The van der Waals surface area contributed by atoms with Crippen LogP contribution >= 0.6 is 0 Å². The van der Waals surface area contributed by atoms with E-state index >= 15 is 0 Å². The molecule has 0 spiro atoms. The molecule has 0 aromatic heterocycles. The first kappa shape index (κ1) is 20.8. The lowest BCUT2D eigenvalue weighted by Crippen LogP contribution is -2.25. The highest BCUT2D eigenvalue weighted by atomic mass is 15.1. The summed E-state index contributed by atoms with van der Waals surface area (Å²) in [5.41, 5.74) is 11.2. The molecule has 28 heavy (non-hydrogen) atoms. The zero-order chi connectivity index (χ0) is 20.5. The molecule has 2 heteroatoms. The summed E-state index contributed by atoms with van der Waals surface area (Å²) in [5, 5.41) is 3.61. The minimum absolute atomic E-state index is 0.243. The summed E-state index contributed by atoms with van der Waals surface area (Å²) < 4.78 is 0. The first-order valence-corrected chi connectivity index (χ1v) is 10.9. The second kappa shape index (κ2) is 8.19. The van der Waals surface area contributed by atoms with E-state index in [2.05, 4.69) is 76.5 Å². The van der Waals surface area contributed by atoms with Crippen LogP contribution in [0.4, 0.5) is 11.4 Å². The number of hydrogen-bond acceptors (Lipinski definition) is 2. The van der Waals surface area contributed by atoms with Crippen LogP contribution in [0.25, 0.3) is 0 Å². The Labute approximate surface area is 172 Å². The van der Waals surface area contributed by atoms with Crippen LogP contribution in [0.3, 0.4) is 0 Å². The first-order chi connectivity index (χ1) is 13.1. The van der Waals surface area contributed by atoms with E-state index in [1.807, 2.05) is 0 Å². The monoisotopic (exact) mass is 378 g/mol. The summed E-state index contributed by atoms with van der Waals surface area (Å²) in [6.45, 7) is 18.9. The Morgan fingerprint density at radius 3 is 2.36 bits per heavy atom. The summed E-state index contributed by atoms with van der Waals surface area (Å²) in [5.74, 6) is 0. The van der Waals surface area contributed by atoms with Crippen molar-refractivity contribution in [2.24, 2.45) is 5.41 Å². The summed E-state index contributed by atoms with van der Waals surface area (Å²) in [6, 6.07) is 4.72. The molecule has 152 valence electrons. The number of nitrogens with one attached hydrogen (secondary N) is 1. The third-order valence-corrected chi connectivity index (χ3v) is 5.83. The zero-order valence-electron chi connectivity index (χ0n) is 18.8. The standard InChI is InChI=1S/C26H38N2/c1-18-11-12-24-22(14-18)10-8-9-13-28(24)23-15-19(2)25(20(3)16-23)27-21(4)17-26(5,6)7/h14-16,27H,4,8-13,17H2,1-3,5-7H3. The van der Waals surface area contributed by atoms with Crippen molar-refractivity contribution in [3.05, 3.63) is 58.5 Å². The van der Waals surface area contributed by atoms with Crippen LogP contribution in [0, 0.1) is 19.3 Å². The minimum atomic E-state index is 0.243. The summed E-state index contributed by atoms with van der Waals surface area (Å²) in [7, 11) is 0. The van der Waals surface area contributed by atoms with Gasteiger partial charge in [-0.05, 0) is 93.5 Å². The summed E-state index contributed by atoms with van der Waals surface area (Å²) >= 11 is 0. The van der Waals surface area contributed by atoms with Crippen molar-refractivity contribution in [3.8, 4) is 0 Å². The van der Waals surface area contributed by atoms with Gasteiger partial charge in [0.25, 0.3) is 0 Å². The lowest BCUT2D eigenvalue weighted by Gasteiger charge is -2.31. The lowest BCUT2D eigenvalue weighted by molar-refractivity contribution is 0.411. The highest BCUT2D eigenvalue weighted by Gasteiger charge is 2.22. The molecule has 0 amide bonds. The first-order valence-electron chi connectivity index (χ1n) is 10.9. The molecule has 1 aliphatic carbocycles. The maximum absolute atomic E-state index is 4.27. The molecule has 2 aliphatic rings. The number of rotatable bonds is 4. The fourth-order valence-electron chi connectivity index (χ4n) is 4.61. The van der Waals surface area contributed by atoms with E-state index in [4.69, 9.17) is 0 Å². The van der Waals surface area contributed by atoms with Gasteiger partial charge in [-0.25, -0.2) is 0 Å². The van der Waals surface area contributed by atoms with Gasteiger partial charge in [-0.3, -0.25) is 0 Å². The lowest BCUT2D eigenvalue weighted by atomic mass is 9.90. The van der Waals surface area contributed by atoms with Gasteiger partial charge < -0.3 is 10.2 Å². The van der Waals surface area contributed by atoms with E-state index in [9.17, 15) is 0 Å². The van der Waals surface area contributed by atoms with Crippen molar-refractivity contribution in [2.75, 3.05) is 16.8 Å². The predicted octanol–water partition coefficient (Wildman–Crippen LogP) is 7.65. The maximum Gasteiger partial charge on any atom is 0.0442 e. The van der Waals surface area contributed by atoms with Crippen LogP contribution in [0.15, 0.2) is 47.3 Å². The average Bonchev–Trinajstić information content (AvgIpc) is 2.78. The predicted molar refractivity (Wildman–Crippen MR) is 124 cm³/mol. The van der Waals surface area contributed by atoms with Gasteiger partial charge in [0.15, 0.2) is 0 Å². The summed E-state index contributed by atoms with van der Waals surface area (Å²) in [6.07, 6.45) is 9.58. The number of benzene rings is 1. The Balaban J connectivity index is 1.89. The topological polar surface area (TPSA) is 15.3 Å². The van der Waals surface area contributed by atoms with Gasteiger partial charge in [-0.2, -0.15) is 0 Å². The third-order valence-electron chi connectivity index (χ3n) is 5.83. The molecule has 2 nitrogen and oxygen atoms in total. The quantitative estimate of drug-likeness (QED) is 0.579. The average molecular weight is 379 g/mol. The Kier molecular flexibility index (Phi) is 6.07. The zero-order valence-corrected chi connectivity index (χ0v) is 18.8. The number of hydrogen-bond donors (Lipinski definition) is 1. The second-order valence-corrected chi connectivity index (χ2v) is 9.99. The molecule has 0 radical (unpaired) electrons. The Morgan fingerprint density at radius 1 is 1.04 bits per heavy atom. The molecule has 0 unspecified atom stereocenters. The molecule has 0 bridgehead atoms. The van der Waals surface area contributed by atoms with Crippen LogP contribution < -0.4 is 10.2 Å². The van der Waals surface area contributed by atoms with E-state index in [0.717, 1.165) is 18.7 Å². The SMILES string of the molecule is C=C(CC(C)(C)C)Nc1c(C)cc(N2CCCCC3=C2CCC(C)=C3)cc1C. The number of nitrogens with zero attached hydrogens (tertiary/aromatic N) is 1. The Bertz CT molecular complexity index is 794. The molecule has 1 aromatic rings. The number of aryl methyl sites for hydroxylation is 2. The van der Waals surface area contributed by atoms with E-state index in [0.29, 0.717) is 0 Å². The fraction of sp³-hybridized carbons (Fsp3) is 0.538. The third kappa shape index (κ3) is 4.90. The molecular formula is C26H38N2. The van der Waals surface area contributed by atoms with Crippen molar-refractivity contribution >= 4 is 11.4 Å². The van der Waals surface area contributed by atoms with Crippen LogP contribution in [-0.4, -0.2) is 6.54 Å². The van der Waals surface area contributed by atoms with Crippen molar-refractivity contribution < 1.29 is 0 Å². The molecular weight excluding hydrogens is 340 g/mol. The molecule has 1 N–H and O–H groups in total. The largest absolute Gasteiger partial charge is 0.359 e. The van der Waals surface area contributed by atoms with Crippen LogP contribution in [0.5, 0.6) is 0 Å². The van der Waals surface area contributed by atoms with Gasteiger partial charge >= 0.3 is 0 Å². The van der Waals surface area contributed by atoms with Gasteiger partial charge in [-0.1, -0.05) is 39.0 Å². The van der Waals surface area contributed by atoms with E-state index in [1.54, 1.807) is 11.3 Å². The van der Waals surface area contributed by atoms with Gasteiger partial charge in [0.2, 0.25) is 0 Å². The molecule has 0 saturated heterocycles. The van der Waals surface area contributed by atoms with Gasteiger partial charge in [-0.15, -0.1) is 0 Å². The fourth-order valence-corrected chi connectivity index (χ4v) is 4.61. The summed E-state index contributed by atoms with van der Waals surface area (Å²) in [4.78, 5) is 2.60. The van der Waals surface area contributed by atoms with Crippen molar-refractivity contribution in [1.29, 1.82) is 0 Å². The van der Waals surface area contributed by atoms with Crippen LogP contribution in [0.1, 0.15) is 77.3 Å². The highest BCUT2D eigenvalue weighted by Crippen LogP contribution is 2.37. The smallest absolute Gasteiger partial charge is 0.0442 e. The van der Waals surface area contributed by atoms with Crippen LogP contribution in [0.2, 0.25) is 0 Å². The number of anilines is 2.